The van der Waals surface area contributed by atoms with E-state index in [1.54, 1.807) is 23.7 Å². The Bertz CT molecular complexity index is 491. The van der Waals surface area contributed by atoms with E-state index < -0.39 is 0 Å². The minimum atomic E-state index is 0.218. The number of aryl methyl sites for hydroxylation is 2. The second-order valence-electron chi connectivity index (χ2n) is 3.94. The lowest BCUT2D eigenvalue weighted by Crippen LogP contribution is -2.05. The van der Waals surface area contributed by atoms with Crippen LogP contribution in [-0.4, -0.2) is 10.8 Å². The van der Waals surface area contributed by atoms with Crippen LogP contribution in [0, 0.1) is 0 Å². The van der Waals surface area contributed by atoms with Gasteiger partial charge in [0.15, 0.2) is 5.78 Å². The van der Waals surface area contributed by atoms with Gasteiger partial charge in [-0.05, 0) is 46.9 Å². The zero-order valence-corrected chi connectivity index (χ0v) is 10.7. The summed E-state index contributed by atoms with van der Waals surface area (Å²) in [5, 5.41) is 4.14. The molecule has 0 saturated heterocycles. The van der Waals surface area contributed by atoms with Gasteiger partial charge < -0.3 is 0 Å². The zero-order chi connectivity index (χ0) is 12.1. The van der Waals surface area contributed by atoms with E-state index >= 15 is 0 Å². The lowest BCUT2D eigenvalue weighted by molar-refractivity contribution is 0.0982. The summed E-state index contributed by atoms with van der Waals surface area (Å²) >= 11 is 1.67. The highest BCUT2D eigenvalue weighted by molar-refractivity contribution is 7.07. The standard InChI is InChI=1S/C14H15NOS/c1-2-12-9-15-7-5-13(12)14(16)4-3-11-6-8-17-10-11/h5-10H,2-4H2,1H3. The molecule has 88 valence electrons. The number of carbonyl (C=O) groups is 1. The van der Waals surface area contributed by atoms with Gasteiger partial charge in [-0.2, -0.15) is 11.3 Å². The minimum absolute atomic E-state index is 0.218. The van der Waals surface area contributed by atoms with E-state index in [1.165, 1.54) is 5.56 Å². The molecular formula is C14H15NOS. The van der Waals surface area contributed by atoms with Gasteiger partial charge in [0.2, 0.25) is 0 Å². The number of nitrogens with zero attached hydrogens (tertiary/aromatic N) is 1. The molecule has 0 aliphatic rings. The summed E-state index contributed by atoms with van der Waals surface area (Å²) in [4.78, 5) is 16.2. The molecule has 2 aromatic heterocycles. The van der Waals surface area contributed by atoms with Crippen molar-refractivity contribution in [3.8, 4) is 0 Å². The summed E-state index contributed by atoms with van der Waals surface area (Å²) in [5.74, 6) is 0.218. The van der Waals surface area contributed by atoms with E-state index in [1.807, 2.05) is 18.4 Å². The molecule has 2 rings (SSSR count). The maximum Gasteiger partial charge on any atom is 0.163 e. The Morgan fingerprint density at radius 1 is 1.41 bits per heavy atom. The fraction of sp³-hybridized carbons (Fsp3) is 0.286. The number of aromatic nitrogens is 1. The topological polar surface area (TPSA) is 30.0 Å². The van der Waals surface area contributed by atoms with Gasteiger partial charge >= 0.3 is 0 Å². The normalized spacial score (nSPS) is 10.4. The summed E-state index contributed by atoms with van der Waals surface area (Å²) < 4.78 is 0. The second-order valence-corrected chi connectivity index (χ2v) is 4.72. The monoisotopic (exact) mass is 245 g/mol. The molecule has 0 fully saturated rings. The lowest BCUT2D eigenvalue weighted by Gasteiger charge is -2.05. The molecule has 0 bridgehead atoms. The Kier molecular flexibility index (Phi) is 4.04. The number of hydrogen-bond acceptors (Lipinski definition) is 3. The number of ketones is 1. The predicted molar refractivity (Wildman–Crippen MR) is 70.6 cm³/mol. The molecule has 2 aromatic rings. The Morgan fingerprint density at radius 2 is 2.29 bits per heavy atom. The van der Waals surface area contributed by atoms with Crippen molar-refractivity contribution in [2.24, 2.45) is 0 Å². The largest absolute Gasteiger partial charge is 0.294 e. The highest BCUT2D eigenvalue weighted by Crippen LogP contribution is 2.14. The fourth-order valence-electron chi connectivity index (χ4n) is 1.81. The van der Waals surface area contributed by atoms with Gasteiger partial charge in [-0.3, -0.25) is 9.78 Å². The van der Waals surface area contributed by atoms with Crippen molar-refractivity contribution in [3.63, 3.8) is 0 Å². The molecule has 0 aliphatic heterocycles. The maximum atomic E-state index is 12.1. The van der Waals surface area contributed by atoms with Gasteiger partial charge in [0.25, 0.3) is 0 Å². The number of hydrogen-bond donors (Lipinski definition) is 0. The van der Waals surface area contributed by atoms with Crippen LogP contribution in [0.1, 0.15) is 34.8 Å². The Labute approximate surface area is 105 Å². The van der Waals surface area contributed by atoms with E-state index in [4.69, 9.17) is 0 Å². The maximum absolute atomic E-state index is 12.1. The Morgan fingerprint density at radius 3 is 3.00 bits per heavy atom. The van der Waals surface area contributed by atoms with Crippen LogP contribution in [0.25, 0.3) is 0 Å². The van der Waals surface area contributed by atoms with Crippen LogP contribution in [0.5, 0.6) is 0 Å². The molecule has 0 atom stereocenters. The molecule has 0 N–H and O–H groups in total. The van der Waals surface area contributed by atoms with Crippen molar-refractivity contribution in [1.29, 1.82) is 0 Å². The molecule has 17 heavy (non-hydrogen) atoms. The third kappa shape index (κ3) is 3.01. The van der Waals surface area contributed by atoms with Gasteiger partial charge in [0.1, 0.15) is 0 Å². The van der Waals surface area contributed by atoms with Gasteiger partial charge in [-0.25, -0.2) is 0 Å². The lowest BCUT2D eigenvalue weighted by atomic mass is 10.00. The van der Waals surface area contributed by atoms with Crippen molar-refractivity contribution in [2.75, 3.05) is 0 Å². The summed E-state index contributed by atoms with van der Waals surface area (Å²) in [6.07, 6.45) is 5.74. The van der Waals surface area contributed by atoms with Crippen LogP contribution in [0.4, 0.5) is 0 Å². The third-order valence-corrected chi connectivity index (χ3v) is 3.54. The van der Waals surface area contributed by atoms with Crippen LogP contribution in [0.15, 0.2) is 35.3 Å². The molecule has 0 radical (unpaired) electrons. The summed E-state index contributed by atoms with van der Waals surface area (Å²) in [6.45, 7) is 2.05. The molecule has 0 saturated carbocycles. The van der Waals surface area contributed by atoms with Gasteiger partial charge in [-0.1, -0.05) is 6.92 Å². The smallest absolute Gasteiger partial charge is 0.163 e. The van der Waals surface area contributed by atoms with E-state index in [0.29, 0.717) is 6.42 Å². The van der Waals surface area contributed by atoms with Gasteiger partial charge in [0.05, 0.1) is 0 Å². The average Bonchev–Trinajstić information content (AvgIpc) is 2.89. The molecular weight excluding hydrogens is 230 g/mol. The third-order valence-electron chi connectivity index (χ3n) is 2.81. The van der Waals surface area contributed by atoms with Crippen molar-refractivity contribution in [3.05, 3.63) is 52.0 Å². The van der Waals surface area contributed by atoms with Crippen LogP contribution in [0.3, 0.4) is 0 Å². The van der Waals surface area contributed by atoms with Crippen LogP contribution in [0.2, 0.25) is 0 Å². The van der Waals surface area contributed by atoms with Crippen molar-refractivity contribution >= 4 is 17.1 Å². The zero-order valence-electron chi connectivity index (χ0n) is 9.85. The number of pyridine rings is 1. The number of thiophene rings is 1. The van der Waals surface area contributed by atoms with Crippen LogP contribution >= 0.6 is 11.3 Å². The average molecular weight is 245 g/mol. The first-order valence-corrected chi connectivity index (χ1v) is 6.72. The second kappa shape index (κ2) is 5.73. The molecule has 2 heterocycles. The fourth-order valence-corrected chi connectivity index (χ4v) is 2.51. The minimum Gasteiger partial charge on any atom is -0.294 e. The number of Topliss-reactive ketones (excluding diaryl/α,β-unsaturated/α-hetero) is 1. The van der Waals surface area contributed by atoms with Gasteiger partial charge in [-0.15, -0.1) is 0 Å². The van der Waals surface area contributed by atoms with E-state index in [0.717, 1.165) is 24.0 Å². The predicted octanol–water partition coefficient (Wildman–Crippen LogP) is 3.52. The van der Waals surface area contributed by atoms with Gasteiger partial charge in [0, 0.05) is 24.4 Å². The van der Waals surface area contributed by atoms with E-state index in [9.17, 15) is 4.79 Å². The van der Waals surface area contributed by atoms with Crippen LogP contribution in [-0.2, 0) is 12.8 Å². The summed E-state index contributed by atoms with van der Waals surface area (Å²) in [6, 6.07) is 3.90. The number of carbonyl (C=O) groups excluding carboxylic acids is 1. The molecule has 0 spiro atoms. The van der Waals surface area contributed by atoms with Crippen LogP contribution < -0.4 is 0 Å². The highest BCUT2D eigenvalue weighted by Gasteiger charge is 2.10. The first-order valence-electron chi connectivity index (χ1n) is 5.78. The first kappa shape index (κ1) is 12.0. The number of rotatable bonds is 5. The quantitative estimate of drug-likeness (QED) is 0.754. The van der Waals surface area contributed by atoms with Crippen molar-refractivity contribution in [1.82, 2.24) is 4.98 Å². The molecule has 0 unspecified atom stereocenters. The SMILES string of the molecule is CCc1cnccc1C(=O)CCc1ccsc1. The summed E-state index contributed by atoms with van der Waals surface area (Å²) in [5.41, 5.74) is 3.12. The molecule has 0 aliphatic carbocycles. The molecule has 2 nitrogen and oxygen atoms in total. The van der Waals surface area contributed by atoms with E-state index in [2.05, 4.69) is 16.4 Å². The molecule has 0 amide bonds. The highest BCUT2D eigenvalue weighted by atomic mass is 32.1. The Hall–Kier alpha value is -1.48. The summed E-state index contributed by atoms with van der Waals surface area (Å²) in [7, 11) is 0. The van der Waals surface area contributed by atoms with E-state index in [-0.39, 0.29) is 5.78 Å². The first-order chi connectivity index (χ1) is 8.31. The van der Waals surface area contributed by atoms with Crippen molar-refractivity contribution in [2.45, 2.75) is 26.2 Å². The molecule has 0 aromatic carbocycles. The van der Waals surface area contributed by atoms with Crippen molar-refractivity contribution < 1.29 is 4.79 Å². The molecule has 3 heteroatoms. The Balaban J connectivity index is 2.04.